The Kier molecular flexibility index (Phi) is 3.99. The minimum absolute atomic E-state index is 0.0933. The third-order valence-corrected chi connectivity index (χ3v) is 3.40. The van der Waals surface area contributed by atoms with Crippen LogP contribution in [0.3, 0.4) is 0 Å². The van der Waals surface area contributed by atoms with Crippen LogP contribution in [0.15, 0.2) is 35.7 Å². The second kappa shape index (κ2) is 5.54. The number of amidine groups is 1. The van der Waals surface area contributed by atoms with E-state index in [0.717, 1.165) is 17.0 Å². The summed E-state index contributed by atoms with van der Waals surface area (Å²) in [6.07, 6.45) is -4.58. The zero-order chi connectivity index (χ0) is 14.8. The van der Waals surface area contributed by atoms with Gasteiger partial charge in [0.25, 0.3) is 0 Å². The van der Waals surface area contributed by atoms with Crippen LogP contribution in [0.2, 0.25) is 0 Å². The number of nitrogens with two attached hydrogens (primary N) is 1. The zero-order valence-electron chi connectivity index (χ0n) is 10.2. The molecule has 0 saturated heterocycles. The minimum Gasteiger partial charge on any atom is -0.488 e. The van der Waals surface area contributed by atoms with Crippen molar-refractivity contribution in [2.45, 2.75) is 12.8 Å². The number of nitrogen functional groups attached to an aromatic ring is 1. The van der Waals surface area contributed by atoms with Gasteiger partial charge in [0.15, 0.2) is 0 Å². The van der Waals surface area contributed by atoms with E-state index in [1.165, 1.54) is 17.4 Å². The molecule has 0 atom stereocenters. The van der Waals surface area contributed by atoms with Crippen molar-refractivity contribution in [2.75, 3.05) is 0 Å². The Labute approximate surface area is 117 Å². The summed E-state index contributed by atoms with van der Waals surface area (Å²) in [5.41, 5.74) is 3.85. The Hall–Kier alpha value is -2.02. The highest BCUT2D eigenvalue weighted by atomic mass is 32.1. The summed E-state index contributed by atoms with van der Waals surface area (Å²) in [6, 6.07) is 7.06. The summed E-state index contributed by atoms with van der Waals surface area (Å²) >= 11 is 1.46. The van der Waals surface area contributed by atoms with Crippen molar-refractivity contribution in [3.05, 3.63) is 51.7 Å². The molecule has 20 heavy (non-hydrogen) atoms. The molecule has 0 spiro atoms. The molecule has 2 aromatic rings. The number of hydrogen-bond donors (Lipinski definition) is 2. The second-order valence-corrected chi connectivity index (χ2v) is 5.02. The average Bonchev–Trinajstić information content (AvgIpc) is 2.88. The standard InChI is InChI=1S/C13H11F3N2OS/c14-13(15,16)11-6-8(3-4-10(11)12(17)18)19-7-9-2-1-5-20-9/h1-6H,7H2,(H3,17,18). The van der Waals surface area contributed by atoms with E-state index < -0.39 is 17.6 Å². The summed E-state index contributed by atoms with van der Waals surface area (Å²) in [4.78, 5) is 0.911. The number of halogens is 3. The fourth-order valence-electron chi connectivity index (χ4n) is 1.63. The van der Waals surface area contributed by atoms with Crippen LogP contribution < -0.4 is 10.5 Å². The number of nitrogens with one attached hydrogen (secondary N) is 1. The minimum atomic E-state index is -4.58. The van der Waals surface area contributed by atoms with Crippen LogP contribution >= 0.6 is 11.3 Å². The zero-order valence-corrected chi connectivity index (χ0v) is 11.0. The summed E-state index contributed by atoms with van der Waals surface area (Å²) in [5.74, 6) is -0.530. The molecule has 0 saturated carbocycles. The van der Waals surface area contributed by atoms with Crippen LogP contribution in [-0.2, 0) is 12.8 Å². The van der Waals surface area contributed by atoms with Gasteiger partial charge in [-0.3, -0.25) is 5.41 Å². The third kappa shape index (κ3) is 3.30. The van der Waals surface area contributed by atoms with Crippen LogP contribution in [0.4, 0.5) is 13.2 Å². The molecule has 0 aliphatic heterocycles. The first kappa shape index (κ1) is 14.4. The lowest BCUT2D eigenvalue weighted by atomic mass is 10.1. The molecule has 0 aliphatic carbocycles. The Bertz CT molecular complexity index is 609. The molecule has 106 valence electrons. The highest BCUT2D eigenvalue weighted by Crippen LogP contribution is 2.34. The van der Waals surface area contributed by atoms with Crippen LogP contribution in [0.1, 0.15) is 16.0 Å². The first-order valence-electron chi connectivity index (χ1n) is 5.59. The lowest BCUT2D eigenvalue weighted by Gasteiger charge is -2.14. The average molecular weight is 300 g/mol. The molecule has 0 fully saturated rings. The van der Waals surface area contributed by atoms with Crippen molar-refractivity contribution in [3.63, 3.8) is 0 Å². The van der Waals surface area contributed by atoms with Crippen molar-refractivity contribution < 1.29 is 17.9 Å². The summed E-state index contributed by atoms with van der Waals surface area (Å²) in [7, 11) is 0. The van der Waals surface area contributed by atoms with Gasteiger partial charge in [-0.05, 0) is 29.6 Å². The van der Waals surface area contributed by atoms with Crippen LogP contribution in [0.25, 0.3) is 0 Å². The normalized spacial score (nSPS) is 11.3. The van der Waals surface area contributed by atoms with Gasteiger partial charge in [0.2, 0.25) is 0 Å². The van der Waals surface area contributed by atoms with Crippen molar-refractivity contribution >= 4 is 17.2 Å². The van der Waals surface area contributed by atoms with Crippen LogP contribution in [0, 0.1) is 5.41 Å². The Morgan fingerprint density at radius 3 is 2.60 bits per heavy atom. The topological polar surface area (TPSA) is 59.1 Å². The van der Waals surface area contributed by atoms with E-state index in [1.807, 2.05) is 17.5 Å². The lowest BCUT2D eigenvalue weighted by molar-refractivity contribution is -0.137. The highest BCUT2D eigenvalue weighted by Gasteiger charge is 2.34. The molecule has 1 heterocycles. The molecular weight excluding hydrogens is 289 g/mol. The molecule has 7 heteroatoms. The quantitative estimate of drug-likeness (QED) is 0.669. The molecule has 0 amide bonds. The SMILES string of the molecule is N=C(N)c1ccc(OCc2cccs2)cc1C(F)(F)F. The van der Waals surface area contributed by atoms with Crippen LogP contribution in [0.5, 0.6) is 5.75 Å². The molecule has 2 rings (SSSR count). The summed E-state index contributed by atoms with van der Waals surface area (Å²) < 4.78 is 44.0. The largest absolute Gasteiger partial charge is 0.488 e. The summed E-state index contributed by atoms with van der Waals surface area (Å²) in [5, 5.41) is 9.04. The lowest BCUT2D eigenvalue weighted by Crippen LogP contribution is -2.18. The Morgan fingerprint density at radius 2 is 2.05 bits per heavy atom. The van der Waals surface area contributed by atoms with E-state index in [1.54, 1.807) is 0 Å². The maximum absolute atomic E-state index is 12.9. The summed E-state index contributed by atoms with van der Waals surface area (Å²) in [6.45, 7) is 0.203. The predicted octanol–water partition coefficient (Wildman–Crippen LogP) is 3.63. The Balaban J connectivity index is 2.25. The van der Waals surface area contributed by atoms with Crippen molar-refractivity contribution in [3.8, 4) is 5.75 Å². The molecule has 0 radical (unpaired) electrons. The van der Waals surface area contributed by atoms with E-state index in [0.29, 0.717) is 0 Å². The van der Waals surface area contributed by atoms with Gasteiger partial charge >= 0.3 is 6.18 Å². The molecule has 0 aliphatic rings. The maximum atomic E-state index is 12.9. The van der Waals surface area contributed by atoms with Gasteiger partial charge in [-0.1, -0.05) is 6.07 Å². The first-order valence-corrected chi connectivity index (χ1v) is 6.46. The fourth-order valence-corrected chi connectivity index (χ4v) is 2.25. The van der Waals surface area contributed by atoms with Crippen molar-refractivity contribution in [1.82, 2.24) is 0 Å². The number of benzene rings is 1. The monoisotopic (exact) mass is 300 g/mol. The van der Waals surface area contributed by atoms with Gasteiger partial charge in [-0.2, -0.15) is 13.2 Å². The van der Waals surface area contributed by atoms with Gasteiger partial charge in [-0.25, -0.2) is 0 Å². The molecule has 0 bridgehead atoms. The predicted molar refractivity (Wildman–Crippen MR) is 71.1 cm³/mol. The van der Waals surface area contributed by atoms with E-state index in [9.17, 15) is 13.2 Å². The number of alkyl halides is 3. The highest BCUT2D eigenvalue weighted by molar-refractivity contribution is 7.09. The molecule has 1 aromatic carbocycles. The molecular formula is C13H11F3N2OS. The van der Waals surface area contributed by atoms with E-state index in [-0.39, 0.29) is 17.9 Å². The fraction of sp³-hybridized carbons (Fsp3) is 0.154. The van der Waals surface area contributed by atoms with Gasteiger partial charge in [0.1, 0.15) is 18.2 Å². The van der Waals surface area contributed by atoms with Crippen molar-refractivity contribution in [1.29, 1.82) is 5.41 Å². The van der Waals surface area contributed by atoms with E-state index in [2.05, 4.69) is 0 Å². The number of thiophene rings is 1. The van der Waals surface area contributed by atoms with Crippen LogP contribution in [-0.4, -0.2) is 5.84 Å². The number of rotatable bonds is 4. The molecule has 3 N–H and O–H groups in total. The maximum Gasteiger partial charge on any atom is 0.417 e. The molecule has 1 aromatic heterocycles. The Morgan fingerprint density at radius 1 is 1.30 bits per heavy atom. The third-order valence-electron chi connectivity index (χ3n) is 2.55. The van der Waals surface area contributed by atoms with E-state index >= 15 is 0 Å². The van der Waals surface area contributed by atoms with Crippen molar-refractivity contribution in [2.24, 2.45) is 5.73 Å². The van der Waals surface area contributed by atoms with Gasteiger partial charge < -0.3 is 10.5 Å². The second-order valence-electron chi connectivity index (χ2n) is 3.99. The number of ether oxygens (including phenoxy) is 1. The smallest absolute Gasteiger partial charge is 0.417 e. The molecule has 3 nitrogen and oxygen atoms in total. The van der Waals surface area contributed by atoms with E-state index in [4.69, 9.17) is 15.9 Å². The van der Waals surface area contributed by atoms with Gasteiger partial charge in [0, 0.05) is 10.4 Å². The van der Waals surface area contributed by atoms with Gasteiger partial charge in [-0.15, -0.1) is 11.3 Å². The number of hydrogen-bond acceptors (Lipinski definition) is 3. The molecule has 0 unspecified atom stereocenters. The first-order chi connectivity index (χ1) is 9.38. The van der Waals surface area contributed by atoms with Gasteiger partial charge in [0.05, 0.1) is 5.56 Å².